The molecule has 13 heavy (non-hydrogen) atoms. The van der Waals surface area contributed by atoms with Crippen molar-refractivity contribution < 1.29 is 14.9 Å². The number of rotatable bonds is 2. The summed E-state index contributed by atoms with van der Waals surface area (Å²) in [6, 6.07) is -2.03. The highest BCUT2D eigenvalue weighted by molar-refractivity contribution is 4.95. The average Bonchev–Trinajstić information content (AvgIpc) is 2.13. The van der Waals surface area contributed by atoms with Gasteiger partial charge in [0.1, 0.15) is 18.2 Å². The van der Waals surface area contributed by atoms with Crippen molar-refractivity contribution in [3.8, 4) is 0 Å². The minimum Gasteiger partial charge on any atom is -0.389 e. The molecule has 1 aliphatic rings. The largest absolute Gasteiger partial charge is 0.389 e. The molecule has 0 aliphatic carbocycles. The molecule has 7 heteroatoms. The maximum atomic E-state index is 10.3. The Morgan fingerprint density at radius 1 is 1.46 bits per heavy atom. The van der Waals surface area contributed by atoms with Crippen LogP contribution in [0.2, 0.25) is 0 Å². The number of hydrogen-bond acceptors (Lipinski definition) is 7. The summed E-state index contributed by atoms with van der Waals surface area (Å²) in [6.07, 6.45) is -3.29. The third kappa shape index (κ3) is 1.84. The number of nitroso groups, excluding NO2 is 1. The fraction of sp³-hybridized carbons (Fsp3) is 1.00. The zero-order chi connectivity index (χ0) is 10.0. The molecule has 5 atom stereocenters. The van der Waals surface area contributed by atoms with Crippen molar-refractivity contribution in [2.75, 3.05) is 6.54 Å². The topological polar surface area (TPSA) is 131 Å². The van der Waals surface area contributed by atoms with Crippen molar-refractivity contribution >= 4 is 0 Å². The Morgan fingerprint density at radius 2 is 2.08 bits per heavy atom. The fourth-order valence-corrected chi connectivity index (χ4v) is 1.29. The van der Waals surface area contributed by atoms with Crippen LogP contribution in [-0.4, -0.2) is 47.3 Å². The standard InChI is InChI=1S/C6H13N3O4/c7-1-2-4(9-12)5(10)3(8)6(11)13-2/h2-6,10-11H,1,7-8H2/t2?,3?,4-,5?,6+/m0/s1. The van der Waals surface area contributed by atoms with Gasteiger partial charge in [-0.2, -0.15) is 4.91 Å². The van der Waals surface area contributed by atoms with Crippen LogP contribution in [0.25, 0.3) is 0 Å². The van der Waals surface area contributed by atoms with Crippen molar-refractivity contribution in [3.05, 3.63) is 4.91 Å². The Balaban J connectivity index is 2.74. The van der Waals surface area contributed by atoms with Crippen molar-refractivity contribution in [2.45, 2.75) is 30.6 Å². The normalized spacial score (nSPS) is 46.0. The van der Waals surface area contributed by atoms with Crippen LogP contribution < -0.4 is 11.5 Å². The lowest BCUT2D eigenvalue weighted by Crippen LogP contribution is -2.61. The monoisotopic (exact) mass is 191 g/mol. The summed E-state index contributed by atoms with van der Waals surface area (Å²) >= 11 is 0. The summed E-state index contributed by atoms with van der Waals surface area (Å²) in [5.41, 5.74) is 10.6. The van der Waals surface area contributed by atoms with E-state index in [4.69, 9.17) is 21.3 Å². The van der Waals surface area contributed by atoms with E-state index in [1.807, 2.05) is 0 Å². The van der Waals surface area contributed by atoms with Crippen LogP contribution in [0.1, 0.15) is 0 Å². The zero-order valence-electron chi connectivity index (χ0n) is 6.91. The molecule has 0 bridgehead atoms. The van der Waals surface area contributed by atoms with Crippen molar-refractivity contribution in [2.24, 2.45) is 16.6 Å². The molecule has 1 aliphatic heterocycles. The van der Waals surface area contributed by atoms with Gasteiger partial charge in [0.25, 0.3) is 0 Å². The quantitative estimate of drug-likeness (QED) is 0.356. The van der Waals surface area contributed by atoms with Crippen LogP contribution in [0.5, 0.6) is 0 Å². The van der Waals surface area contributed by atoms with Gasteiger partial charge in [0, 0.05) is 6.54 Å². The molecular formula is C6H13N3O4. The first-order valence-electron chi connectivity index (χ1n) is 3.91. The highest BCUT2D eigenvalue weighted by atomic mass is 16.6. The first kappa shape index (κ1) is 10.5. The van der Waals surface area contributed by atoms with Crippen molar-refractivity contribution in [1.82, 2.24) is 0 Å². The number of ether oxygens (including phenoxy) is 1. The predicted octanol–water partition coefficient (Wildman–Crippen LogP) is -2.51. The van der Waals surface area contributed by atoms with Crippen LogP contribution in [0.15, 0.2) is 5.18 Å². The molecule has 0 aromatic carbocycles. The van der Waals surface area contributed by atoms with E-state index >= 15 is 0 Å². The SMILES string of the molecule is NCC1O[C@@H](O)C(N)C(O)[C@H]1N=O. The van der Waals surface area contributed by atoms with E-state index in [1.165, 1.54) is 0 Å². The lowest BCUT2D eigenvalue weighted by Gasteiger charge is -2.37. The lowest BCUT2D eigenvalue weighted by atomic mass is 9.96. The van der Waals surface area contributed by atoms with Crippen LogP contribution in [0.4, 0.5) is 0 Å². The number of aliphatic hydroxyl groups excluding tert-OH is 2. The molecule has 0 saturated carbocycles. The molecule has 76 valence electrons. The van der Waals surface area contributed by atoms with Crippen LogP contribution in [0, 0.1) is 4.91 Å². The summed E-state index contributed by atoms with van der Waals surface area (Å²) in [6.45, 7) is -0.00273. The molecule has 6 N–H and O–H groups in total. The third-order valence-electron chi connectivity index (χ3n) is 2.12. The lowest BCUT2D eigenvalue weighted by molar-refractivity contribution is -0.204. The number of aliphatic hydroxyl groups is 2. The molecular weight excluding hydrogens is 178 g/mol. The number of nitrogens with two attached hydrogens (primary N) is 2. The van der Waals surface area contributed by atoms with Gasteiger partial charge in [0.05, 0.1) is 6.04 Å². The van der Waals surface area contributed by atoms with E-state index in [2.05, 4.69) is 5.18 Å². The summed E-state index contributed by atoms with van der Waals surface area (Å²) in [4.78, 5) is 10.3. The summed E-state index contributed by atoms with van der Waals surface area (Å²) < 4.78 is 4.87. The Kier molecular flexibility index (Phi) is 3.28. The van der Waals surface area contributed by atoms with Crippen LogP contribution in [0.3, 0.4) is 0 Å². The second-order valence-electron chi connectivity index (χ2n) is 2.96. The fourth-order valence-electron chi connectivity index (χ4n) is 1.29. The van der Waals surface area contributed by atoms with Gasteiger partial charge in [0.2, 0.25) is 0 Å². The van der Waals surface area contributed by atoms with Gasteiger partial charge in [-0.3, -0.25) is 0 Å². The van der Waals surface area contributed by atoms with Gasteiger partial charge in [-0.05, 0) is 0 Å². The van der Waals surface area contributed by atoms with Gasteiger partial charge in [-0.25, -0.2) is 0 Å². The Hall–Kier alpha value is -0.600. The molecule has 0 spiro atoms. The second-order valence-corrected chi connectivity index (χ2v) is 2.96. The average molecular weight is 191 g/mol. The van der Waals surface area contributed by atoms with Crippen LogP contribution >= 0.6 is 0 Å². The van der Waals surface area contributed by atoms with E-state index < -0.39 is 30.6 Å². The molecule has 1 fully saturated rings. The summed E-state index contributed by atoms with van der Waals surface area (Å²) in [5, 5.41) is 21.2. The summed E-state index contributed by atoms with van der Waals surface area (Å²) in [5.74, 6) is 0. The maximum Gasteiger partial charge on any atom is 0.172 e. The molecule has 1 saturated heterocycles. The smallest absolute Gasteiger partial charge is 0.172 e. The minimum atomic E-state index is -1.30. The molecule has 0 radical (unpaired) electrons. The molecule has 0 aromatic rings. The molecule has 0 amide bonds. The van der Waals surface area contributed by atoms with E-state index in [0.29, 0.717) is 0 Å². The van der Waals surface area contributed by atoms with Gasteiger partial charge in [-0.15, -0.1) is 0 Å². The first-order valence-corrected chi connectivity index (χ1v) is 3.91. The Bertz CT molecular complexity index is 189. The van der Waals surface area contributed by atoms with E-state index in [-0.39, 0.29) is 6.54 Å². The second kappa shape index (κ2) is 4.07. The van der Waals surface area contributed by atoms with Crippen molar-refractivity contribution in [3.63, 3.8) is 0 Å². The Morgan fingerprint density at radius 3 is 2.54 bits per heavy atom. The van der Waals surface area contributed by atoms with Crippen molar-refractivity contribution in [1.29, 1.82) is 0 Å². The van der Waals surface area contributed by atoms with Gasteiger partial charge in [-0.1, -0.05) is 5.18 Å². The highest BCUT2D eigenvalue weighted by Crippen LogP contribution is 2.20. The molecule has 1 rings (SSSR count). The molecule has 1 heterocycles. The minimum absolute atomic E-state index is 0.00273. The first-order chi connectivity index (χ1) is 6.11. The molecule has 7 nitrogen and oxygen atoms in total. The molecule has 0 aromatic heterocycles. The van der Waals surface area contributed by atoms with Gasteiger partial charge < -0.3 is 26.4 Å². The van der Waals surface area contributed by atoms with E-state index in [0.717, 1.165) is 0 Å². The van der Waals surface area contributed by atoms with E-state index in [9.17, 15) is 10.0 Å². The maximum absolute atomic E-state index is 10.3. The number of hydrogen-bond donors (Lipinski definition) is 4. The van der Waals surface area contributed by atoms with Crippen LogP contribution in [-0.2, 0) is 4.74 Å². The number of nitrogens with zero attached hydrogens (tertiary/aromatic N) is 1. The van der Waals surface area contributed by atoms with E-state index in [1.54, 1.807) is 0 Å². The highest BCUT2D eigenvalue weighted by Gasteiger charge is 2.43. The zero-order valence-corrected chi connectivity index (χ0v) is 6.91. The van der Waals surface area contributed by atoms with Gasteiger partial charge >= 0.3 is 0 Å². The molecule has 3 unspecified atom stereocenters. The third-order valence-corrected chi connectivity index (χ3v) is 2.12. The van der Waals surface area contributed by atoms with Gasteiger partial charge in [0.15, 0.2) is 6.29 Å². The summed E-state index contributed by atoms with van der Waals surface area (Å²) in [7, 11) is 0. The predicted molar refractivity (Wildman–Crippen MR) is 43.5 cm³/mol. The Labute approximate surface area is 74.6 Å².